The molecule has 0 aromatic heterocycles. The Morgan fingerprint density at radius 3 is 2.59 bits per heavy atom. The number of amides is 1. The first-order valence-corrected chi connectivity index (χ1v) is 13.3. The van der Waals surface area contributed by atoms with Crippen LogP contribution in [0.25, 0.3) is 0 Å². The average molecular weight is 429 g/mol. The molecule has 2 heterocycles. The fourth-order valence-corrected chi connectivity index (χ4v) is 7.93. The Balaban J connectivity index is 1.53. The van der Waals surface area contributed by atoms with Crippen molar-refractivity contribution in [3.05, 3.63) is 29.8 Å². The lowest BCUT2D eigenvalue weighted by Crippen LogP contribution is -2.42. The highest BCUT2D eigenvalue weighted by Crippen LogP contribution is 2.45. The Kier molecular flexibility index (Phi) is 7.53. The summed E-state index contributed by atoms with van der Waals surface area (Å²) in [6, 6.07) is 8.10. The highest BCUT2D eigenvalue weighted by atomic mass is 32.2. The molecule has 1 aromatic rings. The first-order valence-electron chi connectivity index (χ1n) is 9.61. The molecule has 1 aromatic carbocycles. The Hall–Kier alpha value is -0.700. The molecule has 2 fully saturated rings. The van der Waals surface area contributed by atoms with E-state index in [1.54, 1.807) is 4.31 Å². The summed E-state index contributed by atoms with van der Waals surface area (Å²) in [5, 5.41) is 3.04. The van der Waals surface area contributed by atoms with Crippen molar-refractivity contribution < 1.29 is 13.2 Å². The number of thioether (sulfide) groups is 2. The van der Waals surface area contributed by atoms with Crippen LogP contribution in [0.5, 0.6) is 0 Å². The maximum atomic E-state index is 12.6. The third kappa shape index (κ3) is 5.65. The summed E-state index contributed by atoms with van der Waals surface area (Å²) < 4.78 is 26.6. The van der Waals surface area contributed by atoms with E-state index in [4.69, 9.17) is 0 Å². The molecule has 0 bridgehead atoms. The summed E-state index contributed by atoms with van der Waals surface area (Å²) in [5.74, 6) is 2.44. The third-order valence-electron chi connectivity index (χ3n) is 5.02. The maximum Gasteiger partial charge on any atom is 0.227 e. The van der Waals surface area contributed by atoms with Crippen LogP contribution in [-0.4, -0.2) is 49.0 Å². The highest BCUT2D eigenvalue weighted by Gasteiger charge is 2.30. The number of unbranched alkanes of at least 4 members (excludes halogenated alkanes) is 1. The molecule has 8 heteroatoms. The van der Waals surface area contributed by atoms with E-state index >= 15 is 0 Å². The largest absolute Gasteiger partial charge is 0.326 e. The van der Waals surface area contributed by atoms with E-state index in [1.165, 1.54) is 17.1 Å². The van der Waals surface area contributed by atoms with Crippen LogP contribution in [0.3, 0.4) is 0 Å². The number of benzene rings is 1. The molecule has 2 aliphatic heterocycles. The number of hydrogen-bond acceptors (Lipinski definition) is 5. The van der Waals surface area contributed by atoms with Crippen LogP contribution in [0.4, 0.5) is 5.69 Å². The van der Waals surface area contributed by atoms with Gasteiger partial charge in [-0.15, -0.1) is 23.5 Å². The first-order chi connectivity index (χ1) is 13.0. The quantitative estimate of drug-likeness (QED) is 0.712. The fourth-order valence-electron chi connectivity index (χ4n) is 3.41. The second kappa shape index (κ2) is 9.67. The summed E-state index contributed by atoms with van der Waals surface area (Å²) in [6.07, 6.45) is 2.74. The molecule has 3 rings (SSSR count). The molecule has 5 nitrogen and oxygen atoms in total. The number of sulfonamides is 1. The second-order valence-corrected chi connectivity index (χ2v) is 11.8. The zero-order chi connectivity index (χ0) is 19.3. The van der Waals surface area contributed by atoms with Gasteiger partial charge in [0, 0.05) is 36.2 Å². The van der Waals surface area contributed by atoms with Crippen molar-refractivity contribution in [3.8, 4) is 0 Å². The van der Waals surface area contributed by atoms with Crippen molar-refractivity contribution in [3.63, 3.8) is 0 Å². The van der Waals surface area contributed by atoms with Gasteiger partial charge in [0.1, 0.15) is 0 Å². The lowest BCUT2D eigenvalue weighted by Gasteiger charge is -2.30. The van der Waals surface area contributed by atoms with E-state index in [1.807, 2.05) is 42.6 Å². The van der Waals surface area contributed by atoms with Crippen molar-refractivity contribution >= 4 is 45.1 Å². The molecule has 150 valence electrons. The van der Waals surface area contributed by atoms with Crippen molar-refractivity contribution in [1.29, 1.82) is 0 Å². The van der Waals surface area contributed by atoms with E-state index in [0.29, 0.717) is 36.9 Å². The first kappa shape index (κ1) is 21.0. The van der Waals surface area contributed by atoms with Gasteiger partial charge >= 0.3 is 0 Å². The fraction of sp³-hybridized carbons (Fsp3) is 0.632. The van der Waals surface area contributed by atoms with Crippen LogP contribution in [0, 0.1) is 5.92 Å². The zero-order valence-electron chi connectivity index (χ0n) is 15.7. The lowest BCUT2D eigenvalue weighted by atomic mass is 9.97. The minimum atomic E-state index is -3.17. The molecule has 0 spiro atoms. The number of piperidine rings is 1. The molecule has 0 saturated carbocycles. The summed E-state index contributed by atoms with van der Waals surface area (Å²) in [7, 11) is -3.17. The predicted octanol–water partition coefficient (Wildman–Crippen LogP) is 3.95. The molecule has 27 heavy (non-hydrogen) atoms. The molecule has 0 atom stereocenters. The van der Waals surface area contributed by atoms with E-state index in [0.717, 1.165) is 12.1 Å². The monoisotopic (exact) mass is 428 g/mol. The highest BCUT2D eigenvalue weighted by molar-refractivity contribution is 8.19. The zero-order valence-corrected chi connectivity index (χ0v) is 18.2. The SMILES string of the molecule is CCCCS(=O)(=O)N1CCC(C(=O)Nc2cccc(C3SCCS3)c2)CC1. The molecule has 1 N–H and O–H groups in total. The summed E-state index contributed by atoms with van der Waals surface area (Å²) >= 11 is 3.89. The minimum Gasteiger partial charge on any atom is -0.326 e. The minimum absolute atomic E-state index is 0.00415. The van der Waals surface area contributed by atoms with Crippen LogP contribution >= 0.6 is 23.5 Å². The lowest BCUT2D eigenvalue weighted by molar-refractivity contribution is -0.120. The number of carbonyl (C=O) groups is 1. The van der Waals surface area contributed by atoms with Crippen LogP contribution in [0.1, 0.15) is 42.8 Å². The number of nitrogens with zero attached hydrogens (tertiary/aromatic N) is 1. The molecule has 0 aliphatic carbocycles. The van der Waals surface area contributed by atoms with Crippen molar-refractivity contribution in [2.24, 2.45) is 5.92 Å². The second-order valence-electron chi connectivity index (χ2n) is 7.03. The van der Waals surface area contributed by atoms with Gasteiger partial charge in [-0.3, -0.25) is 4.79 Å². The van der Waals surface area contributed by atoms with Crippen LogP contribution in [-0.2, 0) is 14.8 Å². The average Bonchev–Trinajstić information content (AvgIpc) is 3.21. The normalized spacial score (nSPS) is 20.0. The van der Waals surface area contributed by atoms with Crippen molar-refractivity contribution in [2.75, 3.05) is 35.7 Å². The number of rotatable bonds is 7. The summed E-state index contributed by atoms with van der Waals surface area (Å²) in [4.78, 5) is 12.6. The van der Waals surface area contributed by atoms with E-state index < -0.39 is 10.0 Å². The number of nitrogens with one attached hydrogen (secondary N) is 1. The van der Waals surface area contributed by atoms with Gasteiger partial charge in [-0.1, -0.05) is 25.5 Å². The molecule has 0 unspecified atom stereocenters. The summed E-state index contributed by atoms with van der Waals surface area (Å²) in [6.45, 7) is 2.88. The Bertz CT molecular complexity index is 740. The third-order valence-corrected chi connectivity index (χ3v) is 10.1. The van der Waals surface area contributed by atoms with Crippen LogP contribution < -0.4 is 5.32 Å². The van der Waals surface area contributed by atoms with E-state index in [-0.39, 0.29) is 17.6 Å². The molecule has 0 radical (unpaired) electrons. The summed E-state index contributed by atoms with van der Waals surface area (Å²) in [5.41, 5.74) is 2.08. The molecular weight excluding hydrogens is 400 g/mol. The van der Waals surface area contributed by atoms with E-state index in [2.05, 4.69) is 17.4 Å². The predicted molar refractivity (Wildman–Crippen MR) is 116 cm³/mol. The van der Waals surface area contributed by atoms with Gasteiger partial charge in [0.2, 0.25) is 15.9 Å². The Labute approximate surface area is 171 Å². The molecule has 2 aliphatic rings. The molecular formula is C19H28N2O3S3. The molecule has 2 saturated heterocycles. The maximum absolute atomic E-state index is 12.6. The Morgan fingerprint density at radius 2 is 1.93 bits per heavy atom. The molecule has 1 amide bonds. The van der Waals surface area contributed by atoms with Gasteiger partial charge in [0.15, 0.2) is 0 Å². The smallest absolute Gasteiger partial charge is 0.227 e. The van der Waals surface area contributed by atoms with Gasteiger partial charge in [0.05, 0.1) is 10.3 Å². The van der Waals surface area contributed by atoms with Gasteiger partial charge in [-0.25, -0.2) is 12.7 Å². The van der Waals surface area contributed by atoms with Crippen LogP contribution in [0.15, 0.2) is 24.3 Å². The van der Waals surface area contributed by atoms with Crippen molar-refractivity contribution in [2.45, 2.75) is 37.2 Å². The van der Waals surface area contributed by atoms with Crippen LogP contribution in [0.2, 0.25) is 0 Å². The van der Waals surface area contributed by atoms with Crippen molar-refractivity contribution in [1.82, 2.24) is 4.31 Å². The number of anilines is 1. The van der Waals surface area contributed by atoms with Gasteiger partial charge in [-0.05, 0) is 37.0 Å². The number of hydrogen-bond donors (Lipinski definition) is 1. The van der Waals surface area contributed by atoms with Gasteiger partial charge < -0.3 is 5.32 Å². The van der Waals surface area contributed by atoms with E-state index in [9.17, 15) is 13.2 Å². The van der Waals surface area contributed by atoms with Gasteiger partial charge in [-0.2, -0.15) is 0 Å². The Morgan fingerprint density at radius 1 is 1.22 bits per heavy atom. The topological polar surface area (TPSA) is 66.5 Å². The standard InChI is InChI=1S/C19H28N2O3S3/c1-2-3-13-27(23,24)21-9-7-15(8-10-21)18(22)20-17-6-4-5-16(14-17)19-25-11-12-26-19/h4-6,14-15,19H,2-3,7-13H2,1H3,(H,20,22). The number of carbonyl (C=O) groups excluding carboxylic acids is 1. The van der Waals surface area contributed by atoms with Gasteiger partial charge in [0.25, 0.3) is 0 Å².